The third-order valence-electron chi connectivity index (χ3n) is 3.47. The normalized spacial score (nSPS) is 10.9. The van der Waals surface area contributed by atoms with Gasteiger partial charge in [0.25, 0.3) is 0 Å². The first-order valence-electron chi connectivity index (χ1n) is 7.32. The lowest BCUT2D eigenvalue weighted by atomic mass is 10.1. The molecule has 6 heteroatoms. The number of carbonyl (C=O) groups is 1. The van der Waals surface area contributed by atoms with E-state index in [2.05, 4.69) is 16.0 Å². The zero-order valence-electron chi connectivity index (χ0n) is 12.6. The molecular formula is C16H20Cl2N2O2. The molecule has 0 saturated heterocycles. The first-order valence-corrected chi connectivity index (χ1v) is 8.39. The highest BCUT2D eigenvalue weighted by Gasteiger charge is 2.12. The average molecular weight is 343 g/mol. The number of nitrogens with zero attached hydrogens (tertiary/aromatic N) is 1. The van der Waals surface area contributed by atoms with Gasteiger partial charge in [0.1, 0.15) is 0 Å². The Bertz CT molecular complexity index is 622. The van der Waals surface area contributed by atoms with Gasteiger partial charge in [-0.15, -0.1) is 23.2 Å². The van der Waals surface area contributed by atoms with Crippen molar-refractivity contribution in [2.75, 3.05) is 36.4 Å². The van der Waals surface area contributed by atoms with Crippen LogP contribution in [0, 0.1) is 0 Å². The number of anilines is 1. The van der Waals surface area contributed by atoms with Gasteiger partial charge in [-0.05, 0) is 30.7 Å². The first-order chi connectivity index (χ1) is 10.7. The number of ether oxygens (including phenoxy) is 1. The van der Waals surface area contributed by atoms with Gasteiger partial charge in [0, 0.05) is 47.6 Å². The summed E-state index contributed by atoms with van der Waals surface area (Å²) in [5.41, 5.74) is 2.99. The summed E-state index contributed by atoms with van der Waals surface area (Å²) < 4.78 is 5.02. The van der Waals surface area contributed by atoms with Gasteiger partial charge in [0.2, 0.25) is 0 Å². The molecule has 1 N–H and O–H groups in total. The van der Waals surface area contributed by atoms with Crippen LogP contribution in [-0.2, 0) is 16.0 Å². The summed E-state index contributed by atoms with van der Waals surface area (Å²) in [7, 11) is 0. The van der Waals surface area contributed by atoms with Gasteiger partial charge >= 0.3 is 5.97 Å². The number of benzene rings is 1. The SMILES string of the molecule is CCOC(=O)Cc1c[nH]c2ccc(N(CCCl)CCCl)cc12. The Balaban J connectivity index is 2.29. The largest absolute Gasteiger partial charge is 0.466 e. The zero-order chi connectivity index (χ0) is 15.9. The first kappa shape index (κ1) is 17.0. The summed E-state index contributed by atoms with van der Waals surface area (Å²) in [4.78, 5) is 17.0. The molecule has 0 atom stereocenters. The van der Waals surface area contributed by atoms with Crippen LogP contribution in [0.3, 0.4) is 0 Å². The number of aromatic amines is 1. The van der Waals surface area contributed by atoms with E-state index in [1.807, 2.05) is 18.3 Å². The molecule has 0 aliphatic rings. The number of hydrogen-bond donors (Lipinski definition) is 1. The molecule has 0 bridgehead atoms. The quantitative estimate of drug-likeness (QED) is 0.589. The molecule has 4 nitrogen and oxygen atoms in total. The van der Waals surface area contributed by atoms with Gasteiger partial charge in [0.15, 0.2) is 0 Å². The van der Waals surface area contributed by atoms with E-state index in [0.29, 0.717) is 18.4 Å². The number of H-pyrrole nitrogens is 1. The predicted octanol–water partition coefficient (Wildman–Crippen LogP) is 3.56. The van der Waals surface area contributed by atoms with Crippen molar-refractivity contribution < 1.29 is 9.53 Å². The van der Waals surface area contributed by atoms with Crippen molar-refractivity contribution in [2.45, 2.75) is 13.3 Å². The second-order valence-electron chi connectivity index (χ2n) is 4.89. The van der Waals surface area contributed by atoms with E-state index in [1.165, 1.54) is 0 Å². The lowest BCUT2D eigenvalue weighted by molar-refractivity contribution is -0.142. The van der Waals surface area contributed by atoms with E-state index >= 15 is 0 Å². The summed E-state index contributed by atoms with van der Waals surface area (Å²) in [6, 6.07) is 6.11. The summed E-state index contributed by atoms with van der Waals surface area (Å²) in [6.45, 7) is 3.67. The van der Waals surface area contributed by atoms with Crippen LogP contribution in [0.5, 0.6) is 0 Å². The fourth-order valence-electron chi connectivity index (χ4n) is 2.45. The Morgan fingerprint density at radius 2 is 2.00 bits per heavy atom. The molecule has 2 rings (SSSR count). The lowest BCUT2D eigenvalue weighted by Gasteiger charge is -2.23. The fraction of sp³-hybridized carbons (Fsp3) is 0.438. The minimum Gasteiger partial charge on any atom is -0.466 e. The lowest BCUT2D eigenvalue weighted by Crippen LogP contribution is -2.27. The van der Waals surface area contributed by atoms with E-state index in [4.69, 9.17) is 27.9 Å². The Morgan fingerprint density at radius 3 is 2.64 bits per heavy atom. The standard InChI is InChI=1S/C16H20Cl2N2O2/c1-2-22-16(21)9-12-11-19-15-4-3-13(10-14(12)15)20(7-5-17)8-6-18/h3-4,10-11,19H,2,5-9H2,1H3. The molecule has 1 heterocycles. The number of aromatic nitrogens is 1. The second-order valence-corrected chi connectivity index (χ2v) is 5.65. The maximum Gasteiger partial charge on any atom is 0.310 e. The molecular weight excluding hydrogens is 323 g/mol. The summed E-state index contributed by atoms with van der Waals surface area (Å²) in [5, 5.41) is 1.03. The van der Waals surface area contributed by atoms with Crippen molar-refractivity contribution >= 4 is 45.8 Å². The van der Waals surface area contributed by atoms with Crippen LogP contribution in [0.25, 0.3) is 10.9 Å². The highest BCUT2D eigenvalue weighted by atomic mass is 35.5. The maximum atomic E-state index is 11.7. The summed E-state index contributed by atoms with van der Waals surface area (Å²) in [5.74, 6) is 0.863. The zero-order valence-corrected chi connectivity index (χ0v) is 14.1. The number of alkyl halides is 2. The van der Waals surface area contributed by atoms with Crippen LogP contribution < -0.4 is 4.90 Å². The highest BCUT2D eigenvalue weighted by molar-refractivity contribution is 6.18. The van der Waals surface area contributed by atoms with Crippen molar-refractivity contribution in [3.63, 3.8) is 0 Å². The van der Waals surface area contributed by atoms with Gasteiger partial charge in [-0.3, -0.25) is 4.79 Å². The molecule has 0 amide bonds. The molecule has 120 valence electrons. The van der Waals surface area contributed by atoms with Gasteiger partial charge in [-0.25, -0.2) is 0 Å². The topological polar surface area (TPSA) is 45.3 Å². The molecule has 0 fully saturated rings. The molecule has 0 radical (unpaired) electrons. The number of hydrogen-bond acceptors (Lipinski definition) is 3. The molecule has 0 spiro atoms. The van der Waals surface area contributed by atoms with E-state index in [1.54, 1.807) is 6.92 Å². The van der Waals surface area contributed by atoms with Crippen molar-refractivity contribution in [2.24, 2.45) is 0 Å². The van der Waals surface area contributed by atoms with Crippen molar-refractivity contribution in [3.8, 4) is 0 Å². The molecule has 22 heavy (non-hydrogen) atoms. The number of rotatable bonds is 8. The molecule has 0 saturated carbocycles. The summed E-state index contributed by atoms with van der Waals surface area (Å²) >= 11 is 11.7. The molecule has 0 unspecified atom stereocenters. The smallest absolute Gasteiger partial charge is 0.310 e. The van der Waals surface area contributed by atoms with Gasteiger partial charge in [-0.2, -0.15) is 0 Å². The maximum absolute atomic E-state index is 11.7. The van der Waals surface area contributed by atoms with Crippen molar-refractivity contribution in [1.82, 2.24) is 4.98 Å². The van der Waals surface area contributed by atoms with Crippen LogP contribution in [-0.4, -0.2) is 42.4 Å². The fourth-order valence-corrected chi connectivity index (χ4v) is 2.86. The second kappa shape index (κ2) is 8.30. The van der Waals surface area contributed by atoms with E-state index in [9.17, 15) is 4.79 Å². The van der Waals surface area contributed by atoms with E-state index < -0.39 is 0 Å². The van der Waals surface area contributed by atoms with Crippen LogP contribution in [0.15, 0.2) is 24.4 Å². The highest BCUT2D eigenvalue weighted by Crippen LogP contribution is 2.25. The molecule has 0 aliphatic heterocycles. The van der Waals surface area contributed by atoms with Crippen LogP contribution in [0.1, 0.15) is 12.5 Å². The predicted molar refractivity (Wildman–Crippen MR) is 92.3 cm³/mol. The Kier molecular flexibility index (Phi) is 6.40. The molecule has 0 aliphatic carbocycles. The number of nitrogens with one attached hydrogen (secondary N) is 1. The van der Waals surface area contributed by atoms with E-state index in [-0.39, 0.29) is 12.4 Å². The molecule has 2 aromatic rings. The third-order valence-corrected chi connectivity index (χ3v) is 3.80. The van der Waals surface area contributed by atoms with Crippen LogP contribution >= 0.6 is 23.2 Å². The monoisotopic (exact) mass is 342 g/mol. The molecule has 1 aromatic heterocycles. The Hall–Kier alpha value is -1.39. The van der Waals surface area contributed by atoms with Gasteiger partial charge < -0.3 is 14.6 Å². The number of fused-ring (bicyclic) bond motifs is 1. The van der Waals surface area contributed by atoms with Crippen molar-refractivity contribution in [1.29, 1.82) is 0 Å². The molecule has 1 aromatic carbocycles. The number of carbonyl (C=O) groups excluding carboxylic acids is 1. The van der Waals surface area contributed by atoms with Gasteiger partial charge in [-0.1, -0.05) is 0 Å². The Morgan fingerprint density at radius 1 is 1.27 bits per heavy atom. The summed E-state index contributed by atoms with van der Waals surface area (Å²) in [6.07, 6.45) is 2.13. The van der Waals surface area contributed by atoms with Gasteiger partial charge in [0.05, 0.1) is 13.0 Å². The van der Waals surface area contributed by atoms with Crippen LogP contribution in [0.4, 0.5) is 5.69 Å². The minimum absolute atomic E-state index is 0.216. The van der Waals surface area contributed by atoms with Crippen molar-refractivity contribution in [3.05, 3.63) is 30.0 Å². The average Bonchev–Trinajstić information content (AvgIpc) is 2.89. The number of halogens is 2. The van der Waals surface area contributed by atoms with E-state index in [0.717, 1.165) is 35.2 Å². The Labute approximate surface area is 140 Å². The van der Waals surface area contributed by atoms with Crippen LogP contribution in [0.2, 0.25) is 0 Å². The third kappa shape index (κ3) is 4.08. The minimum atomic E-state index is -0.216. The number of esters is 1.